The van der Waals surface area contributed by atoms with Crippen LogP contribution in [0, 0.1) is 5.92 Å². The number of ether oxygens (including phenoxy) is 4. The minimum absolute atomic E-state index is 0.0608. The maximum Gasteiger partial charge on any atom is 0.303 e. The molecular weight excluding hydrogens is 438 g/mol. The molecule has 0 aliphatic carbocycles. The lowest BCUT2D eigenvalue weighted by Crippen LogP contribution is -2.50. The van der Waals surface area contributed by atoms with Gasteiger partial charge >= 0.3 is 5.97 Å². The van der Waals surface area contributed by atoms with Crippen LogP contribution >= 0.6 is 0 Å². The van der Waals surface area contributed by atoms with Crippen LogP contribution in [0.3, 0.4) is 0 Å². The Hall–Kier alpha value is -2.00. The average molecular weight is 478 g/mol. The highest BCUT2D eigenvalue weighted by atomic mass is 16.6. The van der Waals surface area contributed by atoms with Gasteiger partial charge in [-0.1, -0.05) is 30.7 Å². The number of nitrogens with one attached hydrogen (secondary N) is 1. The predicted octanol–water partition coefficient (Wildman–Crippen LogP) is 2.60. The van der Waals surface area contributed by atoms with E-state index >= 15 is 0 Å². The topological polar surface area (TPSA) is 107 Å². The van der Waals surface area contributed by atoms with Crippen LogP contribution in [-0.4, -0.2) is 72.4 Å². The van der Waals surface area contributed by atoms with E-state index in [1.54, 1.807) is 13.0 Å². The largest absolute Gasteiger partial charge is 0.459 e. The first kappa shape index (κ1) is 26.6. The summed E-state index contributed by atoms with van der Waals surface area (Å²) in [5, 5.41) is 13.5. The van der Waals surface area contributed by atoms with Crippen LogP contribution in [-0.2, 0) is 28.5 Å². The summed E-state index contributed by atoms with van der Waals surface area (Å²) < 4.78 is 22.4. The van der Waals surface area contributed by atoms with Gasteiger partial charge in [-0.2, -0.15) is 0 Å². The summed E-state index contributed by atoms with van der Waals surface area (Å²) in [6.45, 7) is 10.4. The maximum absolute atomic E-state index is 12.3. The average Bonchev–Trinajstić information content (AvgIpc) is 3.54. The van der Waals surface area contributed by atoms with Crippen LogP contribution in [0.1, 0.15) is 53.9 Å². The van der Waals surface area contributed by atoms with Crippen molar-refractivity contribution in [2.24, 2.45) is 5.92 Å². The molecule has 3 fully saturated rings. The van der Waals surface area contributed by atoms with E-state index in [1.807, 2.05) is 26.0 Å². The van der Waals surface area contributed by atoms with Crippen molar-refractivity contribution in [1.29, 1.82) is 0 Å². The first-order valence-electron chi connectivity index (χ1n) is 12.2. The monoisotopic (exact) mass is 477 g/mol. The molecule has 0 aromatic rings. The number of amides is 1. The number of hydrogen-bond acceptors (Lipinski definition) is 7. The standard InChI is InChI=1S/C26H39NO7/c1-16(7-10-23-25(30)26(15-32-26)12-13-31-23)6-9-22-17(2)14-21(19(4)34-22)27-24(29)11-8-18(3)33-20(5)28/h6-8,10-11,17-19,21-23,25,30H,9,12-15H2,1-5H3,(H,27,29)/b10-7+,11-8+,16-6+/t17-,18-,19+,21+,22-,23+,25+,26+/m0/s1. The van der Waals surface area contributed by atoms with Gasteiger partial charge in [-0.25, -0.2) is 0 Å². The molecule has 1 amide bonds. The van der Waals surface area contributed by atoms with Crippen molar-refractivity contribution in [3.05, 3.63) is 36.0 Å². The van der Waals surface area contributed by atoms with E-state index in [0.29, 0.717) is 13.2 Å². The van der Waals surface area contributed by atoms with Crippen LogP contribution in [0.25, 0.3) is 0 Å². The van der Waals surface area contributed by atoms with Gasteiger partial charge in [0.1, 0.15) is 23.9 Å². The molecule has 34 heavy (non-hydrogen) atoms. The molecule has 0 bridgehead atoms. The van der Waals surface area contributed by atoms with E-state index in [9.17, 15) is 14.7 Å². The van der Waals surface area contributed by atoms with E-state index in [4.69, 9.17) is 18.9 Å². The van der Waals surface area contributed by atoms with Crippen molar-refractivity contribution in [1.82, 2.24) is 5.32 Å². The molecule has 1 spiro atoms. The number of allylic oxidation sites excluding steroid dienone is 2. The summed E-state index contributed by atoms with van der Waals surface area (Å²) in [6, 6.07) is -0.0840. The lowest BCUT2D eigenvalue weighted by molar-refractivity contribution is -0.143. The molecule has 3 aliphatic rings. The van der Waals surface area contributed by atoms with E-state index < -0.39 is 17.8 Å². The molecule has 3 rings (SSSR count). The second kappa shape index (κ2) is 11.6. The van der Waals surface area contributed by atoms with Crippen molar-refractivity contribution in [2.75, 3.05) is 13.2 Å². The Morgan fingerprint density at radius 2 is 2.00 bits per heavy atom. The highest BCUT2D eigenvalue weighted by Gasteiger charge is 2.55. The number of rotatable bonds is 8. The van der Waals surface area contributed by atoms with Gasteiger partial charge in [0.2, 0.25) is 5.91 Å². The second-order valence-corrected chi connectivity index (χ2v) is 9.81. The van der Waals surface area contributed by atoms with Gasteiger partial charge < -0.3 is 29.4 Å². The molecule has 3 aliphatic heterocycles. The maximum atomic E-state index is 12.3. The number of epoxide rings is 1. The molecule has 3 saturated heterocycles. The molecule has 0 radical (unpaired) electrons. The summed E-state index contributed by atoms with van der Waals surface area (Å²) in [4.78, 5) is 23.2. The lowest BCUT2D eigenvalue weighted by Gasteiger charge is -2.39. The number of carbonyl (C=O) groups excluding carboxylic acids is 2. The van der Waals surface area contributed by atoms with Crippen LogP contribution < -0.4 is 5.32 Å². The third-order valence-corrected chi connectivity index (χ3v) is 6.84. The molecule has 0 aromatic carbocycles. The Morgan fingerprint density at radius 3 is 2.68 bits per heavy atom. The predicted molar refractivity (Wildman–Crippen MR) is 127 cm³/mol. The summed E-state index contributed by atoms with van der Waals surface area (Å²) in [6.07, 6.45) is 9.85. The van der Waals surface area contributed by atoms with E-state index in [-0.39, 0.29) is 42.1 Å². The molecule has 0 saturated carbocycles. The fourth-order valence-corrected chi connectivity index (χ4v) is 4.56. The normalized spacial score (nSPS) is 37.2. The molecule has 2 N–H and O–H groups in total. The molecule has 3 heterocycles. The highest BCUT2D eigenvalue weighted by molar-refractivity contribution is 5.87. The lowest BCUT2D eigenvalue weighted by atomic mass is 9.88. The molecule has 8 nitrogen and oxygen atoms in total. The SMILES string of the molecule is CC(=O)O[C@@H](C)/C=C/C(=O)N[C@@H]1C[C@H](C)[C@H](C/C=C(C)/C=C/[C@H]2OCC[C@@]3(CO3)[C@@H]2O)O[C@@H]1C. The number of carbonyl (C=O) groups is 2. The first-order chi connectivity index (χ1) is 16.1. The number of esters is 1. The van der Waals surface area contributed by atoms with Gasteiger partial charge in [0, 0.05) is 19.4 Å². The molecule has 8 atom stereocenters. The third kappa shape index (κ3) is 7.25. The van der Waals surface area contributed by atoms with Crippen molar-refractivity contribution >= 4 is 11.9 Å². The Morgan fingerprint density at radius 1 is 1.26 bits per heavy atom. The summed E-state index contributed by atoms with van der Waals surface area (Å²) in [5.41, 5.74) is 0.687. The van der Waals surface area contributed by atoms with E-state index in [2.05, 4.69) is 18.3 Å². The van der Waals surface area contributed by atoms with Crippen molar-refractivity contribution in [3.8, 4) is 0 Å². The van der Waals surface area contributed by atoms with Crippen molar-refractivity contribution < 1.29 is 33.6 Å². The number of aliphatic hydroxyl groups excluding tert-OH is 1. The van der Waals surface area contributed by atoms with E-state index in [0.717, 1.165) is 24.8 Å². The fourth-order valence-electron chi connectivity index (χ4n) is 4.56. The van der Waals surface area contributed by atoms with Crippen molar-refractivity contribution in [3.63, 3.8) is 0 Å². The second-order valence-electron chi connectivity index (χ2n) is 9.81. The molecule has 0 aromatic heterocycles. The minimum atomic E-state index is -0.625. The number of aliphatic hydroxyl groups is 1. The third-order valence-electron chi connectivity index (χ3n) is 6.84. The van der Waals surface area contributed by atoms with Gasteiger partial charge in [-0.3, -0.25) is 9.59 Å². The zero-order valence-electron chi connectivity index (χ0n) is 20.9. The summed E-state index contributed by atoms with van der Waals surface area (Å²) >= 11 is 0. The number of hydrogen-bond donors (Lipinski definition) is 2. The Labute approximate surface area is 202 Å². The summed E-state index contributed by atoms with van der Waals surface area (Å²) in [7, 11) is 0. The minimum Gasteiger partial charge on any atom is -0.459 e. The highest BCUT2D eigenvalue weighted by Crippen LogP contribution is 2.40. The van der Waals surface area contributed by atoms with Crippen molar-refractivity contribution in [2.45, 2.75) is 96.0 Å². The van der Waals surface area contributed by atoms with Gasteiger partial charge in [0.05, 0.1) is 31.5 Å². The van der Waals surface area contributed by atoms with Crippen LogP contribution in [0.2, 0.25) is 0 Å². The first-order valence-corrected chi connectivity index (χ1v) is 12.2. The van der Waals surface area contributed by atoms with Gasteiger partial charge in [-0.15, -0.1) is 0 Å². The van der Waals surface area contributed by atoms with Gasteiger partial charge in [-0.05, 0) is 45.6 Å². The van der Waals surface area contributed by atoms with E-state index in [1.165, 1.54) is 13.0 Å². The fraction of sp³-hybridized carbons (Fsp3) is 0.692. The summed E-state index contributed by atoms with van der Waals surface area (Å²) in [5.74, 6) is -0.335. The van der Waals surface area contributed by atoms with Gasteiger partial charge in [0.25, 0.3) is 0 Å². The smallest absolute Gasteiger partial charge is 0.303 e. The zero-order chi connectivity index (χ0) is 24.9. The van der Waals surface area contributed by atoms with Crippen LogP contribution in [0.15, 0.2) is 36.0 Å². The molecule has 0 unspecified atom stereocenters. The van der Waals surface area contributed by atoms with Gasteiger partial charge in [0.15, 0.2) is 0 Å². The quantitative estimate of drug-likeness (QED) is 0.240. The molecule has 8 heteroatoms. The molecule has 190 valence electrons. The Kier molecular flexibility index (Phi) is 9.09. The Bertz CT molecular complexity index is 816. The zero-order valence-corrected chi connectivity index (χ0v) is 20.9. The Balaban J connectivity index is 1.45. The van der Waals surface area contributed by atoms with Crippen LogP contribution in [0.4, 0.5) is 0 Å². The van der Waals surface area contributed by atoms with Crippen LogP contribution in [0.5, 0.6) is 0 Å². The molecular formula is C26H39NO7.